The number of fused-ring (bicyclic) bond motifs is 1. The zero-order chi connectivity index (χ0) is 19.1. The van der Waals surface area contributed by atoms with Gasteiger partial charge in [0.25, 0.3) is 0 Å². The summed E-state index contributed by atoms with van der Waals surface area (Å²) in [5.74, 6) is 0. The number of nitrogens with zero attached hydrogens (tertiary/aromatic N) is 1. The number of H-pyrrole nitrogens is 1. The molecule has 138 valence electrons. The summed E-state index contributed by atoms with van der Waals surface area (Å²) >= 11 is 13.4. The van der Waals surface area contributed by atoms with Crippen molar-refractivity contribution in [2.45, 2.75) is 18.7 Å². The van der Waals surface area contributed by atoms with Crippen LogP contribution in [-0.2, 0) is 10.0 Å². The van der Waals surface area contributed by atoms with E-state index < -0.39 is 10.0 Å². The highest BCUT2D eigenvalue weighted by molar-refractivity contribution is 7.89. The van der Waals surface area contributed by atoms with Crippen LogP contribution >= 0.6 is 34.5 Å². The molecule has 2 aromatic heterocycles. The van der Waals surface area contributed by atoms with E-state index in [0.29, 0.717) is 55.8 Å². The molecule has 0 aliphatic rings. The van der Waals surface area contributed by atoms with Crippen LogP contribution in [0, 0.1) is 0 Å². The SMILES string of the molecule is CCN(CC)S(=O)(=O)c1ccc2[nH]c(-c3cc(Cl)sc3Cl)c(C=O)c2c1. The van der Waals surface area contributed by atoms with Crippen LogP contribution in [-0.4, -0.2) is 37.1 Å². The summed E-state index contributed by atoms with van der Waals surface area (Å²) in [5.41, 5.74) is 2.15. The summed E-state index contributed by atoms with van der Waals surface area (Å²) in [6, 6.07) is 6.39. The molecule has 0 atom stereocenters. The van der Waals surface area contributed by atoms with Crippen molar-refractivity contribution in [3.63, 3.8) is 0 Å². The van der Waals surface area contributed by atoms with Gasteiger partial charge in [0.2, 0.25) is 10.0 Å². The highest BCUT2D eigenvalue weighted by Crippen LogP contribution is 2.40. The molecule has 0 spiro atoms. The van der Waals surface area contributed by atoms with Gasteiger partial charge in [-0.1, -0.05) is 37.0 Å². The van der Waals surface area contributed by atoms with Crippen LogP contribution in [0.5, 0.6) is 0 Å². The van der Waals surface area contributed by atoms with Gasteiger partial charge in [-0.2, -0.15) is 4.31 Å². The Morgan fingerprint density at radius 2 is 1.88 bits per heavy atom. The fraction of sp³-hybridized carbons (Fsp3) is 0.235. The first-order chi connectivity index (χ1) is 12.3. The first kappa shape index (κ1) is 19.4. The maximum Gasteiger partial charge on any atom is 0.243 e. The minimum absolute atomic E-state index is 0.150. The Morgan fingerprint density at radius 1 is 1.19 bits per heavy atom. The molecule has 0 saturated carbocycles. The third-order valence-corrected chi connectivity index (χ3v) is 7.73. The van der Waals surface area contributed by atoms with Crippen molar-refractivity contribution in [2.75, 3.05) is 13.1 Å². The minimum Gasteiger partial charge on any atom is -0.354 e. The van der Waals surface area contributed by atoms with Gasteiger partial charge in [-0.25, -0.2) is 8.42 Å². The number of carbonyl (C=O) groups is 1. The number of nitrogens with one attached hydrogen (secondary N) is 1. The van der Waals surface area contributed by atoms with E-state index in [1.165, 1.54) is 27.8 Å². The number of aldehydes is 1. The van der Waals surface area contributed by atoms with E-state index in [2.05, 4.69) is 4.98 Å². The van der Waals surface area contributed by atoms with E-state index in [9.17, 15) is 13.2 Å². The number of halogens is 2. The average Bonchev–Trinajstić information content (AvgIpc) is 3.13. The van der Waals surface area contributed by atoms with Gasteiger partial charge in [-0.15, -0.1) is 11.3 Å². The first-order valence-corrected chi connectivity index (χ1v) is 10.9. The maximum atomic E-state index is 12.8. The summed E-state index contributed by atoms with van der Waals surface area (Å²) < 4.78 is 27.9. The normalized spacial score (nSPS) is 12.2. The lowest BCUT2D eigenvalue weighted by atomic mass is 10.1. The molecule has 0 amide bonds. The number of benzene rings is 1. The second kappa shape index (κ2) is 7.32. The number of aromatic nitrogens is 1. The number of hydrogen-bond donors (Lipinski definition) is 1. The molecule has 0 fully saturated rings. The topological polar surface area (TPSA) is 70.2 Å². The molecule has 1 N–H and O–H groups in total. The maximum absolute atomic E-state index is 12.8. The largest absolute Gasteiger partial charge is 0.354 e. The predicted octanol–water partition coefficient (Wildman–Crippen LogP) is 5.05. The molecule has 0 aliphatic heterocycles. The number of thiophene rings is 1. The Labute approximate surface area is 165 Å². The highest BCUT2D eigenvalue weighted by atomic mass is 35.5. The molecule has 1 aromatic carbocycles. The van der Waals surface area contributed by atoms with E-state index >= 15 is 0 Å². The second-order valence-electron chi connectivity index (χ2n) is 5.57. The van der Waals surface area contributed by atoms with Crippen molar-refractivity contribution in [3.8, 4) is 11.3 Å². The smallest absolute Gasteiger partial charge is 0.243 e. The van der Waals surface area contributed by atoms with Gasteiger partial charge in [0.15, 0.2) is 6.29 Å². The Balaban J connectivity index is 2.23. The standard InChI is InChI=1S/C17H16Cl2N2O3S2/c1-3-21(4-2)26(23,24)10-5-6-14-11(7-10)13(9-22)16(20-14)12-8-15(18)25-17(12)19/h5-9,20H,3-4H2,1-2H3. The van der Waals surface area contributed by atoms with Crippen LogP contribution in [0.3, 0.4) is 0 Å². The van der Waals surface area contributed by atoms with Crippen molar-refractivity contribution in [3.05, 3.63) is 38.5 Å². The second-order valence-corrected chi connectivity index (χ2v) is 9.79. The van der Waals surface area contributed by atoms with E-state index in [1.807, 2.05) is 0 Å². The van der Waals surface area contributed by atoms with Crippen molar-refractivity contribution in [1.82, 2.24) is 9.29 Å². The van der Waals surface area contributed by atoms with Gasteiger partial charge < -0.3 is 4.98 Å². The first-order valence-electron chi connectivity index (χ1n) is 7.89. The molecule has 3 rings (SSSR count). The van der Waals surface area contributed by atoms with Gasteiger partial charge >= 0.3 is 0 Å². The summed E-state index contributed by atoms with van der Waals surface area (Å²) in [4.78, 5) is 15.0. The van der Waals surface area contributed by atoms with E-state index in [0.717, 1.165) is 0 Å². The Morgan fingerprint density at radius 3 is 2.42 bits per heavy atom. The van der Waals surface area contributed by atoms with Crippen LogP contribution in [0.15, 0.2) is 29.2 Å². The molecule has 0 aliphatic carbocycles. The fourth-order valence-electron chi connectivity index (χ4n) is 2.91. The summed E-state index contributed by atoms with van der Waals surface area (Å²) in [7, 11) is -3.62. The number of rotatable bonds is 6. The molecule has 2 heterocycles. The highest BCUT2D eigenvalue weighted by Gasteiger charge is 2.24. The molecule has 0 unspecified atom stereocenters. The predicted molar refractivity (Wildman–Crippen MR) is 107 cm³/mol. The van der Waals surface area contributed by atoms with Crippen LogP contribution in [0.25, 0.3) is 22.2 Å². The monoisotopic (exact) mass is 430 g/mol. The fourth-order valence-corrected chi connectivity index (χ4v) is 5.87. The van der Waals surface area contributed by atoms with Gasteiger partial charge in [0, 0.05) is 35.1 Å². The molecule has 9 heteroatoms. The molecule has 0 bridgehead atoms. The minimum atomic E-state index is -3.62. The molecule has 5 nitrogen and oxygen atoms in total. The summed E-state index contributed by atoms with van der Waals surface area (Å²) in [6.07, 6.45) is 0.698. The van der Waals surface area contributed by atoms with Gasteiger partial charge in [0.1, 0.15) is 4.34 Å². The third kappa shape index (κ3) is 3.18. The Hall–Kier alpha value is -1.38. The molecule has 26 heavy (non-hydrogen) atoms. The lowest BCUT2D eigenvalue weighted by molar-refractivity contribution is 0.112. The van der Waals surface area contributed by atoms with Crippen molar-refractivity contribution < 1.29 is 13.2 Å². The molecule has 3 aromatic rings. The zero-order valence-corrected chi connectivity index (χ0v) is 17.2. The quantitative estimate of drug-likeness (QED) is 0.556. The molecular weight excluding hydrogens is 415 g/mol. The number of hydrogen-bond acceptors (Lipinski definition) is 4. The third-order valence-electron chi connectivity index (χ3n) is 4.20. The summed E-state index contributed by atoms with van der Waals surface area (Å²) in [6.45, 7) is 4.32. The van der Waals surface area contributed by atoms with Crippen LogP contribution in [0.2, 0.25) is 8.67 Å². The zero-order valence-electron chi connectivity index (χ0n) is 14.0. The Kier molecular flexibility index (Phi) is 5.46. The Bertz CT molecular complexity index is 1080. The number of carbonyl (C=O) groups excluding carboxylic acids is 1. The summed E-state index contributed by atoms with van der Waals surface area (Å²) in [5, 5.41) is 0.529. The molecular formula is C17H16Cl2N2O3S2. The average molecular weight is 431 g/mol. The lowest BCUT2D eigenvalue weighted by Crippen LogP contribution is -2.30. The molecule has 0 radical (unpaired) electrons. The van der Waals surface area contributed by atoms with E-state index in [4.69, 9.17) is 23.2 Å². The van der Waals surface area contributed by atoms with Crippen molar-refractivity contribution >= 4 is 61.8 Å². The lowest BCUT2D eigenvalue weighted by Gasteiger charge is -2.18. The van der Waals surface area contributed by atoms with E-state index in [-0.39, 0.29) is 4.90 Å². The van der Waals surface area contributed by atoms with Crippen LogP contribution in [0.4, 0.5) is 0 Å². The van der Waals surface area contributed by atoms with Crippen LogP contribution in [0.1, 0.15) is 24.2 Å². The van der Waals surface area contributed by atoms with Gasteiger partial charge in [0.05, 0.1) is 14.9 Å². The molecule has 0 saturated heterocycles. The van der Waals surface area contributed by atoms with Crippen molar-refractivity contribution in [2.24, 2.45) is 0 Å². The number of sulfonamides is 1. The van der Waals surface area contributed by atoms with Gasteiger partial charge in [-0.3, -0.25) is 4.79 Å². The van der Waals surface area contributed by atoms with E-state index in [1.54, 1.807) is 26.0 Å². The van der Waals surface area contributed by atoms with Gasteiger partial charge in [-0.05, 0) is 24.3 Å². The van der Waals surface area contributed by atoms with Crippen LogP contribution < -0.4 is 0 Å². The number of aromatic amines is 1. The van der Waals surface area contributed by atoms with Crippen molar-refractivity contribution in [1.29, 1.82) is 0 Å².